The Kier molecular flexibility index (Phi) is 15.5. The average Bonchev–Trinajstić information content (AvgIpc) is 2.17. The molecule has 0 saturated heterocycles. The zero-order valence-electron chi connectivity index (χ0n) is 14.1. The molecule has 138 valence electrons. The van der Waals surface area contributed by atoms with Crippen LogP contribution >= 0.6 is 15.2 Å². The third-order valence-electron chi connectivity index (χ3n) is 2.76. The topological polar surface area (TPSA) is 197 Å². The SMILES string of the molecule is CC(C)CCCCCCN(CP(=O)([O-])[O-])CP(=O)(O)O.[NH4+].[NH4+]. The van der Waals surface area contributed by atoms with Crippen LogP contribution in [0.3, 0.4) is 0 Å². The van der Waals surface area contributed by atoms with Gasteiger partial charge in [0.05, 0.1) is 0 Å². The minimum Gasteiger partial charge on any atom is -0.810 e. The summed E-state index contributed by atoms with van der Waals surface area (Å²) in [6, 6.07) is 0. The monoisotopic (exact) mass is 365 g/mol. The molecule has 22 heavy (non-hydrogen) atoms. The Labute approximate surface area is 133 Å². The Hall–Kier alpha value is 0.180. The van der Waals surface area contributed by atoms with E-state index in [0.29, 0.717) is 12.3 Å². The molecular formula is C11H33N3O6P2. The summed E-state index contributed by atoms with van der Waals surface area (Å²) >= 11 is 0. The smallest absolute Gasteiger partial charge is 0.339 e. The van der Waals surface area contributed by atoms with E-state index in [1.54, 1.807) is 0 Å². The van der Waals surface area contributed by atoms with Gasteiger partial charge in [-0.25, -0.2) is 0 Å². The minimum atomic E-state index is -4.80. The first-order valence-corrected chi connectivity index (χ1v) is 10.3. The van der Waals surface area contributed by atoms with Crippen molar-refractivity contribution in [2.45, 2.75) is 46.0 Å². The molecule has 9 nitrogen and oxygen atoms in total. The molecule has 0 spiro atoms. The van der Waals surface area contributed by atoms with Crippen molar-refractivity contribution in [3.05, 3.63) is 0 Å². The molecule has 0 radical (unpaired) electrons. The lowest BCUT2D eigenvalue weighted by Gasteiger charge is -2.35. The molecule has 0 rings (SSSR count). The molecule has 0 fully saturated rings. The van der Waals surface area contributed by atoms with Crippen LogP contribution in [-0.4, -0.2) is 33.8 Å². The predicted molar refractivity (Wildman–Crippen MR) is 86.0 cm³/mol. The standard InChI is InChI=1S/C11H27NO6P2.2H3N/c1-11(2)7-5-3-4-6-8-12(9-19(13,14)15)10-20(16,17)18;;/h11H,3-10H2,1-2H3,(H2,13,14,15)(H2,16,17,18);2*1H3. The van der Waals surface area contributed by atoms with E-state index in [2.05, 4.69) is 13.8 Å². The van der Waals surface area contributed by atoms with Crippen LogP contribution in [0.15, 0.2) is 0 Å². The zero-order valence-corrected chi connectivity index (χ0v) is 15.9. The molecule has 0 aromatic carbocycles. The first-order chi connectivity index (χ1) is 8.99. The van der Waals surface area contributed by atoms with Crippen molar-refractivity contribution in [1.82, 2.24) is 17.2 Å². The summed E-state index contributed by atoms with van der Waals surface area (Å²) in [5, 5.41) is 0. The molecule has 0 aromatic rings. The van der Waals surface area contributed by atoms with Gasteiger partial charge in [-0.1, -0.05) is 47.1 Å². The van der Waals surface area contributed by atoms with E-state index in [4.69, 9.17) is 9.79 Å². The molecule has 0 amide bonds. The second-order valence-corrected chi connectivity index (χ2v) is 8.67. The maximum atomic E-state index is 10.9. The number of nitrogens with zero attached hydrogens (tertiary/aromatic N) is 1. The highest BCUT2D eigenvalue weighted by Crippen LogP contribution is 2.37. The molecule has 0 saturated carbocycles. The van der Waals surface area contributed by atoms with Gasteiger partial charge in [0.25, 0.3) is 0 Å². The quantitative estimate of drug-likeness (QED) is 0.315. The minimum absolute atomic E-state index is 0. The third kappa shape index (κ3) is 20.2. The first kappa shape index (κ1) is 27.0. The summed E-state index contributed by atoms with van der Waals surface area (Å²) in [4.78, 5) is 40.2. The van der Waals surface area contributed by atoms with Gasteiger partial charge in [0.15, 0.2) is 0 Å². The third-order valence-corrected chi connectivity index (χ3v) is 4.28. The Balaban J connectivity index is -0.00000180. The summed E-state index contributed by atoms with van der Waals surface area (Å²) < 4.78 is 21.6. The lowest BCUT2D eigenvalue weighted by molar-refractivity contribution is -0.315. The second kappa shape index (κ2) is 12.6. The van der Waals surface area contributed by atoms with E-state index in [0.717, 1.165) is 30.6 Å². The van der Waals surface area contributed by atoms with Gasteiger partial charge in [0.2, 0.25) is 0 Å². The van der Waals surface area contributed by atoms with Gasteiger partial charge in [-0.3, -0.25) is 9.46 Å². The maximum Gasteiger partial charge on any atom is 0.339 e. The molecule has 0 atom stereocenters. The second-order valence-electron chi connectivity index (χ2n) is 5.55. The van der Waals surface area contributed by atoms with Crippen LogP contribution < -0.4 is 22.1 Å². The van der Waals surface area contributed by atoms with E-state index < -0.39 is 27.8 Å². The van der Waals surface area contributed by atoms with E-state index >= 15 is 0 Å². The molecular weight excluding hydrogens is 332 g/mol. The lowest BCUT2D eigenvalue weighted by Crippen LogP contribution is -2.33. The Morgan fingerprint density at radius 3 is 1.86 bits per heavy atom. The highest BCUT2D eigenvalue weighted by Gasteiger charge is 2.19. The highest BCUT2D eigenvalue weighted by molar-refractivity contribution is 7.51. The molecule has 0 aliphatic carbocycles. The van der Waals surface area contributed by atoms with Gasteiger partial charge >= 0.3 is 7.60 Å². The van der Waals surface area contributed by atoms with E-state index in [1.165, 1.54) is 0 Å². The molecule has 0 aliphatic heterocycles. The molecule has 10 N–H and O–H groups in total. The van der Waals surface area contributed by atoms with Crippen LogP contribution in [0.1, 0.15) is 46.0 Å². The summed E-state index contributed by atoms with van der Waals surface area (Å²) in [7, 11) is -9.16. The van der Waals surface area contributed by atoms with Crippen molar-refractivity contribution >= 4 is 15.2 Å². The van der Waals surface area contributed by atoms with Crippen molar-refractivity contribution in [3.8, 4) is 0 Å². The van der Waals surface area contributed by atoms with Crippen molar-refractivity contribution in [2.24, 2.45) is 5.92 Å². The predicted octanol–water partition coefficient (Wildman–Crippen LogP) is 1.65. The van der Waals surface area contributed by atoms with Crippen molar-refractivity contribution in [2.75, 3.05) is 19.1 Å². The first-order valence-electron chi connectivity index (χ1n) is 6.77. The molecule has 0 heterocycles. The summed E-state index contributed by atoms with van der Waals surface area (Å²) in [6.45, 7) is 4.49. The van der Waals surface area contributed by atoms with Crippen molar-refractivity contribution in [3.63, 3.8) is 0 Å². The summed E-state index contributed by atoms with van der Waals surface area (Å²) in [5.41, 5.74) is 0. The number of hydrogen-bond donors (Lipinski definition) is 4. The van der Waals surface area contributed by atoms with Gasteiger partial charge in [-0.05, 0) is 18.9 Å². The maximum absolute atomic E-state index is 10.9. The van der Waals surface area contributed by atoms with Crippen molar-refractivity contribution in [1.29, 1.82) is 0 Å². The van der Waals surface area contributed by atoms with Gasteiger partial charge in [-0.15, -0.1) is 0 Å². The van der Waals surface area contributed by atoms with Gasteiger partial charge in [0, 0.05) is 6.29 Å². The van der Waals surface area contributed by atoms with E-state index in [1.807, 2.05) is 0 Å². The largest absolute Gasteiger partial charge is 0.810 e. The average molecular weight is 365 g/mol. The molecule has 11 heteroatoms. The Bertz CT molecular complexity index is 334. The number of quaternary nitrogens is 2. The van der Waals surface area contributed by atoms with Gasteiger partial charge in [-0.2, -0.15) is 0 Å². The molecule has 0 bridgehead atoms. The van der Waals surface area contributed by atoms with E-state index in [-0.39, 0.29) is 18.8 Å². The van der Waals surface area contributed by atoms with Crippen LogP contribution in [0.5, 0.6) is 0 Å². The number of unbranched alkanes of at least 4 members (excludes halogenated alkanes) is 3. The van der Waals surface area contributed by atoms with Gasteiger partial charge < -0.3 is 36.4 Å². The fraction of sp³-hybridized carbons (Fsp3) is 1.00. The summed E-state index contributed by atoms with van der Waals surface area (Å²) in [6.07, 6.45) is 3.16. The Morgan fingerprint density at radius 2 is 1.45 bits per heavy atom. The van der Waals surface area contributed by atoms with Crippen LogP contribution in [0.25, 0.3) is 0 Å². The molecule has 0 unspecified atom stereocenters. The van der Waals surface area contributed by atoms with E-state index in [9.17, 15) is 18.9 Å². The fourth-order valence-corrected chi connectivity index (χ4v) is 3.58. The molecule has 0 aromatic heterocycles. The number of hydrogen-bond acceptors (Lipinski definition) is 5. The van der Waals surface area contributed by atoms with Crippen molar-refractivity contribution < 1.29 is 28.7 Å². The van der Waals surface area contributed by atoms with Crippen LogP contribution in [0, 0.1) is 5.92 Å². The lowest BCUT2D eigenvalue weighted by atomic mass is 10.0. The zero-order chi connectivity index (χ0) is 15.8. The van der Waals surface area contributed by atoms with Crippen LogP contribution in [0.2, 0.25) is 0 Å². The fourth-order valence-electron chi connectivity index (χ4n) is 1.93. The summed E-state index contributed by atoms with van der Waals surface area (Å²) in [5.74, 6) is 0.646. The Morgan fingerprint density at radius 1 is 0.955 bits per heavy atom. The van der Waals surface area contributed by atoms with Gasteiger partial charge in [0.1, 0.15) is 6.29 Å². The normalized spacial score (nSPS) is 12.2. The molecule has 0 aliphatic rings. The van der Waals surface area contributed by atoms with Crippen LogP contribution in [-0.2, 0) is 9.13 Å². The number of rotatable bonds is 11. The highest BCUT2D eigenvalue weighted by atomic mass is 31.2. The van der Waals surface area contributed by atoms with Crippen LogP contribution in [0.4, 0.5) is 0 Å².